The molecule has 0 fully saturated rings. The number of carbonyl (C=O) groups excluding carboxylic acids is 2. The summed E-state index contributed by atoms with van der Waals surface area (Å²) in [7, 11) is 0. The molecule has 0 saturated carbocycles. The number of esters is 1. The summed E-state index contributed by atoms with van der Waals surface area (Å²) in [6, 6.07) is 9.46. The van der Waals surface area contributed by atoms with Gasteiger partial charge in [0.25, 0.3) is 0 Å². The summed E-state index contributed by atoms with van der Waals surface area (Å²) in [5, 5.41) is 10.2. The van der Waals surface area contributed by atoms with Crippen LogP contribution in [0.1, 0.15) is 42.7 Å². The van der Waals surface area contributed by atoms with Crippen molar-refractivity contribution in [2.75, 3.05) is 6.61 Å². The van der Waals surface area contributed by atoms with Crippen molar-refractivity contribution >= 4 is 27.7 Å². The van der Waals surface area contributed by atoms with Gasteiger partial charge >= 0.3 is 5.97 Å². The van der Waals surface area contributed by atoms with Gasteiger partial charge in [-0.3, -0.25) is 9.59 Å². The molecular formula is C19H20BrNO4. The van der Waals surface area contributed by atoms with Crippen LogP contribution in [0.25, 0.3) is 11.3 Å². The Bertz CT molecular complexity index is 789. The molecule has 1 aromatic heterocycles. The molecule has 25 heavy (non-hydrogen) atoms. The van der Waals surface area contributed by atoms with E-state index in [9.17, 15) is 14.7 Å². The van der Waals surface area contributed by atoms with Crippen molar-refractivity contribution in [3.05, 3.63) is 46.1 Å². The second kappa shape index (κ2) is 8.76. The molecular weight excluding hydrogens is 386 g/mol. The van der Waals surface area contributed by atoms with Crippen molar-refractivity contribution in [1.82, 2.24) is 4.98 Å². The number of aromatic hydroxyl groups is 1. The molecule has 0 radical (unpaired) electrons. The van der Waals surface area contributed by atoms with Crippen LogP contribution < -0.4 is 0 Å². The predicted molar refractivity (Wildman–Crippen MR) is 98.6 cm³/mol. The summed E-state index contributed by atoms with van der Waals surface area (Å²) in [5.41, 5.74) is 2.56. The maximum atomic E-state index is 12.4. The third-order valence-corrected chi connectivity index (χ3v) is 4.35. The molecule has 0 aliphatic carbocycles. The molecule has 0 amide bonds. The molecule has 0 aliphatic heterocycles. The molecule has 1 heterocycles. The smallest absolute Gasteiger partial charge is 0.306 e. The van der Waals surface area contributed by atoms with E-state index in [1.807, 2.05) is 31.2 Å². The maximum Gasteiger partial charge on any atom is 0.306 e. The summed E-state index contributed by atoms with van der Waals surface area (Å²) in [5.74, 6) is -1.06. The normalized spacial score (nSPS) is 10.5. The molecule has 2 aromatic rings. The number of pyridine rings is 1. The number of ether oxygens (including phenoxy) is 1. The first-order valence-corrected chi connectivity index (χ1v) is 8.93. The van der Waals surface area contributed by atoms with Gasteiger partial charge in [0.15, 0.2) is 11.5 Å². The quantitative estimate of drug-likeness (QED) is 0.548. The standard InChI is InChI=1S/C19H20BrNO4/c1-3-12-7-5-6-8-13(12)15-11-14(20)19(24)18(21-15)16(22)9-10-17(23)25-4-2/h5-8,11,24H,3-4,9-10H2,1-2H3. The minimum absolute atomic E-state index is 0.0405. The van der Waals surface area contributed by atoms with Crippen molar-refractivity contribution in [3.63, 3.8) is 0 Å². The zero-order chi connectivity index (χ0) is 18.4. The Balaban J connectivity index is 2.34. The van der Waals surface area contributed by atoms with E-state index in [1.165, 1.54) is 0 Å². The minimum Gasteiger partial charge on any atom is -0.504 e. The highest BCUT2D eigenvalue weighted by Gasteiger charge is 2.20. The molecule has 1 N–H and O–H groups in total. The number of halogens is 1. The van der Waals surface area contributed by atoms with Crippen LogP contribution in [-0.4, -0.2) is 28.4 Å². The average molecular weight is 406 g/mol. The van der Waals surface area contributed by atoms with E-state index in [0.717, 1.165) is 17.5 Å². The van der Waals surface area contributed by atoms with E-state index < -0.39 is 11.8 Å². The molecule has 0 atom stereocenters. The van der Waals surface area contributed by atoms with Crippen LogP contribution in [0.4, 0.5) is 0 Å². The summed E-state index contributed by atoms with van der Waals surface area (Å²) in [6.45, 7) is 4.02. The number of aryl methyl sites for hydroxylation is 1. The number of ketones is 1. The molecule has 0 spiro atoms. The van der Waals surface area contributed by atoms with Gasteiger partial charge < -0.3 is 9.84 Å². The molecule has 5 nitrogen and oxygen atoms in total. The van der Waals surface area contributed by atoms with E-state index in [-0.39, 0.29) is 30.9 Å². The average Bonchev–Trinajstić information content (AvgIpc) is 2.62. The van der Waals surface area contributed by atoms with Crippen LogP contribution in [0.2, 0.25) is 0 Å². The lowest BCUT2D eigenvalue weighted by Crippen LogP contribution is -2.10. The SMILES string of the molecule is CCOC(=O)CCC(=O)c1nc(-c2ccccc2CC)cc(Br)c1O. The van der Waals surface area contributed by atoms with Gasteiger partial charge in [0, 0.05) is 12.0 Å². The fourth-order valence-electron chi connectivity index (χ4n) is 2.49. The lowest BCUT2D eigenvalue weighted by atomic mass is 10.0. The monoisotopic (exact) mass is 405 g/mol. The van der Waals surface area contributed by atoms with E-state index >= 15 is 0 Å². The Morgan fingerprint density at radius 2 is 1.92 bits per heavy atom. The number of aromatic nitrogens is 1. The Labute approximate surface area is 155 Å². The summed E-state index contributed by atoms with van der Waals surface area (Å²) in [6.07, 6.45) is 0.717. The number of rotatable bonds is 7. The number of nitrogens with zero attached hydrogens (tertiary/aromatic N) is 1. The van der Waals surface area contributed by atoms with Gasteiger partial charge in [-0.15, -0.1) is 0 Å². The lowest BCUT2D eigenvalue weighted by Gasteiger charge is -2.11. The Morgan fingerprint density at radius 1 is 1.20 bits per heavy atom. The summed E-state index contributed by atoms with van der Waals surface area (Å²) in [4.78, 5) is 28.2. The Morgan fingerprint density at radius 3 is 2.60 bits per heavy atom. The molecule has 0 aliphatic rings. The van der Waals surface area contributed by atoms with Crippen LogP contribution in [0.3, 0.4) is 0 Å². The first-order valence-electron chi connectivity index (χ1n) is 8.14. The highest BCUT2D eigenvalue weighted by Crippen LogP contribution is 2.33. The van der Waals surface area contributed by atoms with Gasteiger partial charge in [0.05, 0.1) is 23.2 Å². The number of benzene rings is 1. The van der Waals surface area contributed by atoms with Crippen LogP contribution in [0, 0.1) is 0 Å². The molecule has 0 unspecified atom stereocenters. The van der Waals surface area contributed by atoms with Gasteiger partial charge in [0.1, 0.15) is 5.69 Å². The molecule has 6 heteroatoms. The molecule has 0 bridgehead atoms. The first-order chi connectivity index (χ1) is 12.0. The molecule has 1 aromatic carbocycles. The zero-order valence-electron chi connectivity index (χ0n) is 14.2. The van der Waals surface area contributed by atoms with E-state index in [0.29, 0.717) is 10.2 Å². The van der Waals surface area contributed by atoms with Crippen LogP contribution >= 0.6 is 15.9 Å². The minimum atomic E-state index is -0.443. The van der Waals surface area contributed by atoms with Crippen molar-refractivity contribution < 1.29 is 19.4 Å². The van der Waals surface area contributed by atoms with Gasteiger partial charge in [-0.25, -0.2) is 4.98 Å². The molecule has 2 rings (SSSR count). The lowest BCUT2D eigenvalue weighted by molar-refractivity contribution is -0.143. The number of hydrogen-bond donors (Lipinski definition) is 1. The van der Waals surface area contributed by atoms with Gasteiger partial charge in [-0.2, -0.15) is 0 Å². The number of Topliss-reactive ketones (excluding diaryl/α,β-unsaturated/α-hetero) is 1. The Hall–Kier alpha value is -2.21. The van der Waals surface area contributed by atoms with Crippen molar-refractivity contribution in [2.45, 2.75) is 33.1 Å². The largest absolute Gasteiger partial charge is 0.504 e. The third kappa shape index (κ3) is 4.66. The van der Waals surface area contributed by atoms with Gasteiger partial charge in [-0.05, 0) is 40.9 Å². The Kier molecular flexibility index (Phi) is 6.70. The van der Waals surface area contributed by atoms with Crippen LogP contribution in [0.5, 0.6) is 5.75 Å². The maximum absolute atomic E-state index is 12.4. The van der Waals surface area contributed by atoms with Gasteiger partial charge in [0.2, 0.25) is 0 Å². The molecule has 0 saturated heterocycles. The number of hydrogen-bond acceptors (Lipinski definition) is 5. The summed E-state index contributed by atoms with van der Waals surface area (Å²) >= 11 is 3.28. The van der Waals surface area contributed by atoms with Gasteiger partial charge in [-0.1, -0.05) is 31.2 Å². The number of carbonyl (C=O) groups is 2. The highest BCUT2D eigenvalue weighted by molar-refractivity contribution is 9.10. The predicted octanol–water partition coefficient (Wildman–Crippen LogP) is 4.31. The fraction of sp³-hybridized carbons (Fsp3) is 0.316. The third-order valence-electron chi connectivity index (χ3n) is 3.75. The van der Waals surface area contributed by atoms with E-state index in [1.54, 1.807) is 13.0 Å². The fourth-order valence-corrected chi connectivity index (χ4v) is 2.89. The van der Waals surface area contributed by atoms with Crippen molar-refractivity contribution in [1.29, 1.82) is 0 Å². The van der Waals surface area contributed by atoms with Crippen molar-refractivity contribution in [2.24, 2.45) is 0 Å². The second-order valence-corrected chi connectivity index (χ2v) is 6.28. The van der Waals surface area contributed by atoms with E-state index in [2.05, 4.69) is 20.9 Å². The highest BCUT2D eigenvalue weighted by atomic mass is 79.9. The summed E-state index contributed by atoms with van der Waals surface area (Å²) < 4.78 is 5.21. The first kappa shape index (κ1) is 19.1. The molecule has 132 valence electrons. The zero-order valence-corrected chi connectivity index (χ0v) is 15.8. The van der Waals surface area contributed by atoms with Crippen LogP contribution in [-0.2, 0) is 16.0 Å². The van der Waals surface area contributed by atoms with Crippen molar-refractivity contribution in [3.8, 4) is 17.0 Å². The van der Waals surface area contributed by atoms with Crippen LogP contribution in [0.15, 0.2) is 34.8 Å². The topological polar surface area (TPSA) is 76.5 Å². The second-order valence-electron chi connectivity index (χ2n) is 5.43. The van der Waals surface area contributed by atoms with E-state index in [4.69, 9.17) is 4.74 Å².